The van der Waals surface area contributed by atoms with Crippen molar-refractivity contribution in [3.63, 3.8) is 0 Å². The molecule has 2 heterocycles. The Bertz CT molecular complexity index is 1180. The number of oxime groups is 1. The number of nitrogen functional groups attached to an aromatic ring is 1. The Hall–Kier alpha value is -3.01. The molecule has 1 atom stereocenters. The number of sulfonamides is 1. The van der Waals surface area contributed by atoms with Crippen LogP contribution in [-0.2, 0) is 26.1 Å². The zero-order valence-corrected chi connectivity index (χ0v) is 19.1. The van der Waals surface area contributed by atoms with E-state index < -0.39 is 34.7 Å². The normalized spacial score (nSPS) is 16.1. The van der Waals surface area contributed by atoms with Crippen molar-refractivity contribution in [3.05, 3.63) is 40.4 Å². The summed E-state index contributed by atoms with van der Waals surface area (Å²) in [6.07, 6.45) is 1.01. The summed E-state index contributed by atoms with van der Waals surface area (Å²) in [5.74, 6) is -2.31. The molecule has 1 aromatic carbocycles. The predicted molar refractivity (Wildman–Crippen MR) is 121 cm³/mol. The second-order valence-electron chi connectivity index (χ2n) is 7.21. The van der Waals surface area contributed by atoms with Gasteiger partial charge in [-0.05, 0) is 18.1 Å². The Kier molecular flexibility index (Phi) is 7.68. The highest BCUT2D eigenvalue weighted by atomic mass is 32.2. The van der Waals surface area contributed by atoms with Crippen LogP contribution in [0.4, 0.5) is 5.13 Å². The van der Waals surface area contributed by atoms with Crippen LogP contribution < -0.4 is 15.1 Å². The molecule has 0 fully saturated rings. The van der Waals surface area contributed by atoms with E-state index in [2.05, 4.69) is 14.9 Å². The Morgan fingerprint density at radius 1 is 1.45 bits per heavy atom. The van der Waals surface area contributed by atoms with Crippen molar-refractivity contribution < 1.29 is 37.6 Å². The first-order valence-electron chi connectivity index (χ1n) is 9.64. The minimum Gasteiger partial charge on any atom is -0.535 e. The van der Waals surface area contributed by atoms with Crippen molar-refractivity contribution in [3.8, 4) is 5.75 Å². The molecule has 33 heavy (non-hydrogen) atoms. The molecule has 1 aliphatic rings. The van der Waals surface area contributed by atoms with Crippen LogP contribution in [0, 0.1) is 0 Å². The van der Waals surface area contributed by atoms with Crippen molar-refractivity contribution in [2.24, 2.45) is 5.16 Å². The van der Waals surface area contributed by atoms with Crippen LogP contribution in [0.15, 0.2) is 28.7 Å². The molecule has 3 rings (SSSR count). The van der Waals surface area contributed by atoms with Gasteiger partial charge in [0.1, 0.15) is 18.1 Å². The molecule has 2 aromatic rings. The van der Waals surface area contributed by atoms with E-state index in [1.807, 2.05) is 0 Å². The molecular weight excluding hydrogens is 475 g/mol. The van der Waals surface area contributed by atoms with E-state index in [0.717, 1.165) is 17.6 Å². The Morgan fingerprint density at radius 2 is 2.21 bits per heavy atom. The second kappa shape index (κ2) is 10.3. The van der Waals surface area contributed by atoms with Gasteiger partial charge in [0.2, 0.25) is 10.0 Å². The highest BCUT2D eigenvalue weighted by molar-refractivity contribution is 7.88. The maximum absolute atomic E-state index is 13.0. The molecule has 0 saturated heterocycles. The molecule has 1 aliphatic heterocycles. The van der Waals surface area contributed by atoms with Gasteiger partial charge >= 0.3 is 13.1 Å². The van der Waals surface area contributed by atoms with Crippen LogP contribution in [0.25, 0.3) is 0 Å². The fourth-order valence-corrected chi connectivity index (χ4v) is 4.18. The van der Waals surface area contributed by atoms with Gasteiger partial charge in [0, 0.05) is 24.2 Å². The molecule has 0 unspecified atom stereocenters. The number of aromatic carboxylic acids is 1. The third kappa shape index (κ3) is 6.50. The van der Waals surface area contributed by atoms with Gasteiger partial charge < -0.3 is 25.4 Å². The zero-order valence-electron chi connectivity index (χ0n) is 17.4. The predicted octanol–water partition coefficient (Wildman–Crippen LogP) is 0.138. The molecule has 0 radical (unpaired) electrons. The highest BCUT2D eigenvalue weighted by Gasteiger charge is 2.38. The van der Waals surface area contributed by atoms with Gasteiger partial charge in [0.25, 0.3) is 0 Å². The third-order valence-electron chi connectivity index (χ3n) is 4.64. The molecule has 0 spiro atoms. The minimum absolute atomic E-state index is 0.0547. The molecule has 0 amide bonds. The molecule has 0 aliphatic carbocycles. The number of rotatable bonds is 10. The number of carbonyl (C=O) groups is 2. The first-order valence-corrected chi connectivity index (χ1v) is 12.4. The fourth-order valence-electron chi connectivity index (χ4n) is 3.18. The lowest BCUT2D eigenvalue weighted by molar-refractivity contribution is -0.113. The number of hydrogen-bond donors (Lipinski definition) is 4. The molecule has 15 heteroatoms. The molecular formula is C18H21BN4O8S2. The second-order valence-corrected chi connectivity index (χ2v) is 9.93. The summed E-state index contributed by atoms with van der Waals surface area (Å²) in [5, 5.41) is 25.3. The lowest BCUT2D eigenvalue weighted by Crippen LogP contribution is -2.37. The van der Waals surface area contributed by atoms with E-state index in [1.54, 1.807) is 12.1 Å². The largest absolute Gasteiger partial charge is 0.535 e. The Balaban J connectivity index is 1.74. The van der Waals surface area contributed by atoms with Crippen LogP contribution in [-0.4, -0.2) is 67.5 Å². The minimum atomic E-state index is -3.40. The standard InChI is InChI=1S/C18H21BN4O8S2/c1-33(28,29)21-5-6-30-23-15(13-9-32-18(20)22-13)14(24)8-11-7-10-3-2-4-12(17(25)26)16(10)31-19(11)27/h2-4,9,11,21,27H,5-8H2,1H3,(H2,20,22)(H,25,26)/b23-15-/t11-/m1/s1. The van der Waals surface area contributed by atoms with Crippen LogP contribution >= 0.6 is 11.3 Å². The SMILES string of the molecule is CS(=O)(=O)NCCO/N=C(\C(=O)C[C@H]1Cc2cccc(C(=O)O)c2OB1O)c1csc(N)n1. The summed E-state index contributed by atoms with van der Waals surface area (Å²) in [6, 6.07) is 4.59. The first-order chi connectivity index (χ1) is 15.5. The highest BCUT2D eigenvalue weighted by Crippen LogP contribution is 2.36. The van der Waals surface area contributed by atoms with Gasteiger partial charge in [-0.3, -0.25) is 4.79 Å². The van der Waals surface area contributed by atoms with Crippen molar-refractivity contribution in [1.82, 2.24) is 9.71 Å². The average molecular weight is 496 g/mol. The third-order valence-corrected chi connectivity index (χ3v) is 6.04. The summed E-state index contributed by atoms with van der Waals surface area (Å²) in [6.45, 7) is -0.190. The topological polar surface area (TPSA) is 190 Å². The zero-order chi connectivity index (χ0) is 24.2. The molecule has 0 saturated carbocycles. The van der Waals surface area contributed by atoms with Crippen molar-refractivity contribution in [2.45, 2.75) is 18.7 Å². The quantitative estimate of drug-likeness (QED) is 0.152. The van der Waals surface area contributed by atoms with E-state index in [4.69, 9.17) is 15.2 Å². The van der Waals surface area contributed by atoms with Crippen molar-refractivity contribution >= 4 is 51.1 Å². The van der Waals surface area contributed by atoms with E-state index >= 15 is 0 Å². The van der Waals surface area contributed by atoms with Crippen molar-refractivity contribution in [1.29, 1.82) is 0 Å². The average Bonchev–Trinajstić information content (AvgIpc) is 3.15. The molecule has 0 bridgehead atoms. The number of carboxylic acid groups (broad SMARTS) is 1. The van der Waals surface area contributed by atoms with Crippen LogP contribution in [0.1, 0.15) is 28.0 Å². The Morgan fingerprint density at radius 3 is 2.85 bits per heavy atom. The van der Waals surface area contributed by atoms with Crippen LogP contribution in [0.5, 0.6) is 5.75 Å². The fraction of sp³-hybridized carbons (Fsp3) is 0.333. The van der Waals surface area contributed by atoms with Gasteiger partial charge in [-0.25, -0.2) is 22.9 Å². The van der Waals surface area contributed by atoms with Crippen LogP contribution in [0.3, 0.4) is 0 Å². The summed E-state index contributed by atoms with van der Waals surface area (Å²) in [5.41, 5.74) is 6.17. The number of nitrogens with one attached hydrogen (secondary N) is 1. The first kappa shape index (κ1) is 24.6. The number of ketones is 1. The van der Waals surface area contributed by atoms with Gasteiger partial charge in [-0.2, -0.15) is 0 Å². The summed E-state index contributed by atoms with van der Waals surface area (Å²) in [4.78, 5) is 33.5. The lowest BCUT2D eigenvalue weighted by atomic mass is 9.64. The van der Waals surface area contributed by atoms with E-state index in [1.165, 1.54) is 11.4 Å². The monoisotopic (exact) mass is 496 g/mol. The molecule has 12 nitrogen and oxygen atoms in total. The number of carbonyl (C=O) groups excluding carboxylic acids is 1. The number of nitrogens with two attached hydrogens (primary N) is 1. The van der Waals surface area contributed by atoms with Gasteiger partial charge in [0.05, 0.1) is 11.8 Å². The van der Waals surface area contributed by atoms with E-state index in [0.29, 0.717) is 5.56 Å². The summed E-state index contributed by atoms with van der Waals surface area (Å²) >= 11 is 1.10. The number of fused-ring (bicyclic) bond motifs is 1. The van der Waals surface area contributed by atoms with E-state index in [-0.39, 0.29) is 53.8 Å². The number of Topliss-reactive ketones (excluding diaryl/α,β-unsaturated/α-hetero) is 1. The summed E-state index contributed by atoms with van der Waals surface area (Å²) < 4.78 is 29.9. The number of para-hydroxylation sites is 1. The van der Waals surface area contributed by atoms with Gasteiger partial charge in [-0.1, -0.05) is 17.3 Å². The number of benzene rings is 1. The van der Waals surface area contributed by atoms with Crippen molar-refractivity contribution in [2.75, 3.05) is 25.1 Å². The maximum Gasteiger partial charge on any atom is 0.526 e. The van der Waals surface area contributed by atoms with Crippen LogP contribution in [0.2, 0.25) is 5.82 Å². The number of hydrogen-bond acceptors (Lipinski definition) is 11. The maximum atomic E-state index is 13.0. The number of anilines is 1. The number of carboxylic acids is 1. The number of thiazole rings is 1. The van der Waals surface area contributed by atoms with E-state index in [9.17, 15) is 28.1 Å². The molecule has 5 N–H and O–H groups in total. The molecule has 1 aromatic heterocycles. The lowest BCUT2D eigenvalue weighted by Gasteiger charge is -2.28. The van der Waals surface area contributed by atoms with Gasteiger partial charge in [0.15, 0.2) is 16.6 Å². The smallest absolute Gasteiger partial charge is 0.526 e. The Labute approximate surface area is 193 Å². The summed E-state index contributed by atoms with van der Waals surface area (Å²) in [7, 11) is -4.81. The number of nitrogens with zero attached hydrogens (tertiary/aromatic N) is 2. The van der Waals surface area contributed by atoms with Gasteiger partial charge in [-0.15, -0.1) is 11.3 Å². The molecule has 176 valence electrons. The number of aromatic nitrogens is 1.